The minimum absolute atomic E-state index is 0.0265. The molecule has 0 aliphatic heterocycles. The number of hydrogen-bond acceptors (Lipinski definition) is 5. The van der Waals surface area contributed by atoms with Gasteiger partial charge in [0.05, 0.1) is 11.3 Å². The number of carbonyl (C=O) groups excluding carboxylic acids is 1. The lowest BCUT2D eigenvalue weighted by Crippen LogP contribution is -2.26. The Morgan fingerprint density at radius 1 is 1.30 bits per heavy atom. The molecular formula is C20H23N3O2S2. The Morgan fingerprint density at radius 2 is 2.07 bits per heavy atom. The highest BCUT2D eigenvalue weighted by atomic mass is 32.2. The number of rotatable bonds is 6. The van der Waals surface area contributed by atoms with Crippen LogP contribution < -0.4 is 10.9 Å². The summed E-state index contributed by atoms with van der Waals surface area (Å²) < 4.78 is 2.38. The van der Waals surface area contributed by atoms with Gasteiger partial charge < -0.3 is 5.32 Å². The van der Waals surface area contributed by atoms with Gasteiger partial charge in [-0.25, -0.2) is 4.98 Å². The number of aryl methyl sites for hydroxylation is 2. The van der Waals surface area contributed by atoms with E-state index in [2.05, 4.69) is 10.3 Å². The summed E-state index contributed by atoms with van der Waals surface area (Å²) >= 11 is 2.71. The predicted octanol–water partition coefficient (Wildman–Crippen LogP) is 4.78. The summed E-state index contributed by atoms with van der Waals surface area (Å²) in [5.41, 5.74) is 3.77. The molecule has 0 aliphatic rings. The first kappa shape index (κ1) is 19.6. The molecule has 1 aromatic carbocycles. The Morgan fingerprint density at radius 3 is 2.78 bits per heavy atom. The van der Waals surface area contributed by atoms with Gasteiger partial charge in [-0.05, 0) is 61.9 Å². The highest BCUT2D eigenvalue weighted by Gasteiger charge is 2.17. The molecule has 3 rings (SSSR count). The lowest BCUT2D eigenvalue weighted by molar-refractivity contribution is -0.113. The summed E-state index contributed by atoms with van der Waals surface area (Å²) in [5, 5.41) is 5.39. The summed E-state index contributed by atoms with van der Waals surface area (Å²) in [4.78, 5) is 29.8. The van der Waals surface area contributed by atoms with Crippen molar-refractivity contribution in [3.8, 4) is 0 Å². The minimum Gasteiger partial charge on any atom is -0.325 e. The number of amides is 1. The second-order valence-corrected chi connectivity index (χ2v) is 8.46. The molecule has 142 valence electrons. The summed E-state index contributed by atoms with van der Waals surface area (Å²) in [6.07, 6.45) is 0.820. The van der Waals surface area contributed by atoms with Gasteiger partial charge >= 0.3 is 0 Å². The molecular weight excluding hydrogens is 378 g/mol. The molecule has 0 spiro atoms. The zero-order valence-corrected chi connectivity index (χ0v) is 17.5. The molecule has 1 N–H and O–H groups in total. The predicted molar refractivity (Wildman–Crippen MR) is 114 cm³/mol. The van der Waals surface area contributed by atoms with Crippen LogP contribution in [-0.2, 0) is 4.79 Å². The van der Waals surface area contributed by atoms with Crippen molar-refractivity contribution < 1.29 is 4.79 Å². The zero-order chi connectivity index (χ0) is 19.6. The molecule has 0 saturated heterocycles. The first-order chi connectivity index (χ1) is 12.9. The van der Waals surface area contributed by atoms with Crippen molar-refractivity contribution in [2.24, 2.45) is 0 Å². The molecule has 1 atom stereocenters. The molecule has 0 aliphatic carbocycles. The number of thiophene rings is 1. The summed E-state index contributed by atoms with van der Waals surface area (Å²) in [6.45, 7) is 8.10. The third-order valence-electron chi connectivity index (χ3n) is 4.63. The van der Waals surface area contributed by atoms with Crippen molar-refractivity contribution >= 4 is 44.9 Å². The third kappa shape index (κ3) is 4.25. The number of aromatic nitrogens is 2. The number of nitrogens with one attached hydrogen (secondary N) is 1. The second-order valence-electron chi connectivity index (χ2n) is 6.60. The normalized spacial score (nSPS) is 12.3. The highest BCUT2D eigenvalue weighted by Crippen LogP contribution is 2.24. The maximum absolute atomic E-state index is 12.8. The highest BCUT2D eigenvalue weighted by molar-refractivity contribution is 7.99. The van der Waals surface area contributed by atoms with Crippen LogP contribution in [0, 0.1) is 13.8 Å². The Kier molecular flexibility index (Phi) is 6.01. The topological polar surface area (TPSA) is 64.0 Å². The molecule has 2 aromatic heterocycles. The van der Waals surface area contributed by atoms with Crippen molar-refractivity contribution in [3.05, 3.63) is 51.1 Å². The van der Waals surface area contributed by atoms with E-state index in [1.165, 1.54) is 28.7 Å². The van der Waals surface area contributed by atoms with Crippen LogP contribution >= 0.6 is 23.1 Å². The van der Waals surface area contributed by atoms with E-state index in [0.29, 0.717) is 15.4 Å². The summed E-state index contributed by atoms with van der Waals surface area (Å²) in [5.74, 6) is 0.0875. The van der Waals surface area contributed by atoms with Crippen LogP contribution in [-0.4, -0.2) is 21.2 Å². The van der Waals surface area contributed by atoms with Gasteiger partial charge in [0, 0.05) is 11.7 Å². The number of carbonyl (C=O) groups is 1. The molecule has 0 fully saturated rings. The SMILES string of the molecule is CC[C@H](C)n1c(SCC(=O)Nc2ccc(C)c(C)c2)nc2ccsc2c1=O. The van der Waals surface area contributed by atoms with Crippen LogP contribution in [0.4, 0.5) is 5.69 Å². The van der Waals surface area contributed by atoms with Gasteiger partial charge in [0.15, 0.2) is 5.16 Å². The third-order valence-corrected chi connectivity index (χ3v) is 6.48. The number of anilines is 1. The Balaban J connectivity index is 1.80. The standard InChI is InChI=1S/C20H23N3O2S2/c1-5-14(4)23-19(25)18-16(8-9-26-18)22-20(23)27-11-17(24)21-15-7-6-12(2)13(3)10-15/h6-10,14H,5,11H2,1-4H3,(H,21,24)/t14-/m0/s1. The van der Waals surface area contributed by atoms with E-state index in [-0.39, 0.29) is 23.3 Å². The fraction of sp³-hybridized carbons (Fsp3) is 0.350. The van der Waals surface area contributed by atoms with Crippen LogP contribution in [0.15, 0.2) is 39.6 Å². The number of nitrogens with zero attached hydrogens (tertiary/aromatic N) is 2. The molecule has 0 saturated carbocycles. The quantitative estimate of drug-likeness (QED) is 0.477. The van der Waals surface area contributed by atoms with Crippen LogP contribution in [0.25, 0.3) is 10.2 Å². The van der Waals surface area contributed by atoms with E-state index < -0.39 is 0 Å². The van der Waals surface area contributed by atoms with Gasteiger partial charge in [-0.15, -0.1) is 11.3 Å². The number of thioether (sulfide) groups is 1. The van der Waals surface area contributed by atoms with Crippen molar-refractivity contribution in [3.63, 3.8) is 0 Å². The fourth-order valence-corrected chi connectivity index (χ4v) is 4.39. The van der Waals surface area contributed by atoms with Gasteiger partial charge in [0.1, 0.15) is 4.70 Å². The van der Waals surface area contributed by atoms with Gasteiger partial charge in [-0.2, -0.15) is 0 Å². The van der Waals surface area contributed by atoms with Crippen LogP contribution in [0.3, 0.4) is 0 Å². The smallest absolute Gasteiger partial charge is 0.272 e. The first-order valence-corrected chi connectivity index (χ1v) is 10.8. The molecule has 27 heavy (non-hydrogen) atoms. The molecule has 0 bridgehead atoms. The van der Waals surface area contributed by atoms with Gasteiger partial charge in [-0.3, -0.25) is 14.2 Å². The van der Waals surface area contributed by atoms with E-state index in [0.717, 1.165) is 17.7 Å². The molecule has 0 radical (unpaired) electrons. The van der Waals surface area contributed by atoms with E-state index in [1.807, 2.05) is 57.3 Å². The number of hydrogen-bond donors (Lipinski definition) is 1. The molecule has 1 amide bonds. The van der Waals surface area contributed by atoms with Crippen molar-refractivity contribution in [2.75, 3.05) is 11.1 Å². The van der Waals surface area contributed by atoms with Crippen LogP contribution in [0.5, 0.6) is 0 Å². The number of fused-ring (bicyclic) bond motifs is 1. The van der Waals surface area contributed by atoms with E-state index in [9.17, 15) is 9.59 Å². The second kappa shape index (κ2) is 8.27. The molecule has 5 nitrogen and oxygen atoms in total. The van der Waals surface area contributed by atoms with Crippen molar-refractivity contribution in [1.29, 1.82) is 0 Å². The maximum Gasteiger partial charge on any atom is 0.272 e. The average Bonchev–Trinajstić information content (AvgIpc) is 3.11. The van der Waals surface area contributed by atoms with E-state index >= 15 is 0 Å². The summed E-state index contributed by atoms with van der Waals surface area (Å²) in [7, 11) is 0. The Bertz CT molecular complexity index is 1040. The molecule has 7 heteroatoms. The fourth-order valence-electron chi connectivity index (χ4n) is 2.72. The van der Waals surface area contributed by atoms with Crippen LogP contribution in [0.2, 0.25) is 0 Å². The lowest BCUT2D eigenvalue weighted by Gasteiger charge is -2.17. The average molecular weight is 402 g/mol. The monoisotopic (exact) mass is 401 g/mol. The molecule has 3 aromatic rings. The zero-order valence-electron chi connectivity index (χ0n) is 15.9. The first-order valence-electron chi connectivity index (χ1n) is 8.90. The van der Waals surface area contributed by atoms with E-state index in [1.54, 1.807) is 4.57 Å². The van der Waals surface area contributed by atoms with Crippen molar-refractivity contribution in [1.82, 2.24) is 9.55 Å². The van der Waals surface area contributed by atoms with Gasteiger partial charge in [0.25, 0.3) is 5.56 Å². The van der Waals surface area contributed by atoms with Crippen molar-refractivity contribution in [2.45, 2.75) is 45.3 Å². The maximum atomic E-state index is 12.8. The van der Waals surface area contributed by atoms with Gasteiger partial charge in [0.2, 0.25) is 5.91 Å². The molecule has 2 heterocycles. The Hall–Kier alpha value is -2.12. The van der Waals surface area contributed by atoms with E-state index in [4.69, 9.17) is 0 Å². The number of benzene rings is 1. The molecule has 0 unspecified atom stereocenters. The largest absolute Gasteiger partial charge is 0.325 e. The van der Waals surface area contributed by atoms with Crippen LogP contribution in [0.1, 0.15) is 37.4 Å². The van der Waals surface area contributed by atoms with Gasteiger partial charge in [-0.1, -0.05) is 24.8 Å². The summed E-state index contributed by atoms with van der Waals surface area (Å²) in [6, 6.07) is 7.73. The Labute approximate surface area is 166 Å². The lowest BCUT2D eigenvalue weighted by atomic mass is 10.1. The minimum atomic E-state index is -0.112.